The van der Waals surface area contributed by atoms with Crippen molar-refractivity contribution in [2.45, 2.75) is 39.3 Å². The molecule has 0 radical (unpaired) electrons. The quantitative estimate of drug-likeness (QED) is 0.868. The minimum absolute atomic E-state index is 0.000756. The summed E-state index contributed by atoms with van der Waals surface area (Å²) in [6, 6.07) is 3.55. The Morgan fingerprint density at radius 3 is 2.83 bits per heavy atom. The van der Waals surface area contributed by atoms with Crippen molar-refractivity contribution in [3.8, 4) is 5.75 Å². The van der Waals surface area contributed by atoms with E-state index in [0.29, 0.717) is 18.8 Å². The minimum Gasteiger partial charge on any atom is -0.482 e. The Bertz CT molecular complexity index is 710. The van der Waals surface area contributed by atoms with E-state index < -0.39 is 0 Å². The molecule has 0 unspecified atom stereocenters. The summed E-state index contributed by atoms with van der Waals surface area (Å²) in [4.78, 5) is 27.0. The van der Waals surface area contributed by atoms with Gasteiger partial charge in [0.25, 0.3) is 5.91 Å². The number of hydrogen-bond donors (Lipinski definition) is 0. The van der Waals surface area contributed by atoms with Crippen molar-refractivity contribution < 1.29 is 9.53 Å². The summed E-state index contributed by atoms with van der Waals surface area (Å²) < 4.78 is 5.47. The third kappa shape index (κ3) is 3.47. The van der Waals surface area contributed by atoms with Crippen LogP contribution in [0.15, 0.2) is 30.7 Å². The zero-order valence-corrected chi connectivity index (χ0v) is 13.6. The van der Waals surface area contributed by atoms with E-state index >= 15 is 0 Å². The molecule has 1 aliphatic heterocycles. The van der Waals surface area contributed by atoms with E-state index in [1.54, 1.807) is 29.4 Å². The smallest absolute Gasteiger partial charge is 0.261 e. The molecule has 0 N–H and O–H groups in total. The van der Waals surface area contributed by atoms with Crippen LogP contribution in [0.5, 0.6) is 5.75 Å². The van der Waals surface area contributed by atoms with Gasteiger partial charge in [-0.3, -0.25) is 9.78 Å². The first-order valence-electron chi connectivity index (χ1n) is 7.59. The van der Waals surface area contributed by atoms with Gasteiger partial charge in [0.2, 0.25) is 0 Å². The lowest BCUT2D eigenvalue weighted by atomic mass is 9.95. The summed E-state index contributed by atoms with van der Waals surface area (Å²) in [6.45, 7) is 7.28. The fourth-order valence-corrected chi connectivity index (χ4v) is 2.36. The second kappa shape index (κ2) is 5.95. The summed E-state index contributed by atoms with van der Waals surface area (Å²) in [5.74, 6) is 1.33. The molecule has 3 heterocycles. The van der Waals surface area contributed by atoms with E-state index in [0.717, 1.165) is 17.1 Å². The van der Waals surface area contributed by atoms with Gasteiger partial charge >= 0.3 is 0 Å². The van der Waals surface area contributed by atoms with Gasteiger partial charge in [0.15, 0.2) is 6.61 Å². The molecule has 23 heavy (non-hydrogen) atoms. The van der Waals surface area contributed by atoms with Crippen LogP contribution in [0, 0.1) is 0 Å². The Morgan fingerprint density at radius 1 is 1.30 bits per heavy atom. The van der Waals surface area contributed by atoms with Crippen molar-refractivity contribution in [3.05, 3.63) is 47.8 Å². The summed E-state index contributed by atoms with van der Waals surface area (Å²) in [5.41, 5.74) is 1.84. The Morgan fingerprint density at radius 2 is 2.13 bits per heavy atom. The second-order valence-electron chi connectivity index (χ2n) is 6.64. The lowest BCUT2D eigenvalue weighted by Gasteiger charge is -2.16. The number of aromatic nitrogens is 3. The Balaban J connectivity index is 1.64. The molecular weight excluding hydrogens is 292 g/mol. The Labute approximate surface area is 135 Å². The predicted molar refractivity (Wildman–Crippen MR) is 84.7 cm³/mol. The highest BCUT2D eigenvalue weighted by atomic mass is 16.5. The normalized spacial score (nSPS) is 13.8. The van der Waals surface area contributed by atoms with Crippen molar-refractivity contribution >= 4 is 5.91 Å². The van der Waals surface area contributed by atoms with Crippen molar-refractivity contribution in [1.82, 2.24) is 19.9 Å². The highest BCUT2D eigenvalue weighted by Gasteiger charge is 2.27. The number of rotatable bonds is 3. The molecule has 0 bridgehead atoms. The van der Waals surface area contributed by atoms with Crippen molar-refractivity contribution in [2.75, 3.05) is 6.61 Å². The van der Waals surface area contributed by atoms with Crippen molar-refractivity contribution in [1.29, 1.82) is 0 Å². The molecule has 0 aliphatic carbocycles. The second-order valence-corrected chi connectivity index (χ2v) is 6.64. The Hall–Kier alpha value is -2.50. The van der Waals surface area contributed by atoms with Gasteiger partial charge in [0.05, 0.1) is 18.4 Å². The molecule has 0 saturated heterocycles. The van der Waals surface area contributed by atoms with E-state index in [-0.39, 0.29) is 17.9 Å². The van der Waals surface area contributed by atoms with Gasteiger partial charge in [0.1, 0.15) is 11.6 Å². The summed E-state index contributed by atoms with van der Waals surface area (Å²) in [5, 5.41) is 0. The van der Waals surface area contributed by atoms with Gasteiger partial charge in [-0.1, -0.05) is 20.8 Å². The van der Waals surface area contributed by atoms with Crippen LogP contribution in [0.4, 0.5) is 0 Å². The molecule has 120 valence electrons. The van der Waals surface area contributed by atoms with E-state index in [9.17, 15) is 4.79 Å². The maximum atomic E-state index is 12.3. The van der Waals surface area contributed by atoms with Gasteiger partial charge in [-0.2, -0.15) is 0 Å². The molecule has 2 aromatic heterocycles. The summed E-state index contributed by atoms with van der Waals surface area (Å²) in [6.07, 6.45) is 5.09. The maximum Gasteiger partial charge on any atom is 0.261 e. The number of pyridine rings is 1. The third-order valence-electron chi connectivity index (χ3n) is 3.68. The van der Waals surface area contributed by atoms with Crippen LogP contribution in [-0.2, 0) is 23.3 Å². The van der Waals surface area contributed by atoms with Crippen LogP contribution in [0.1, 0.15) is 37.9 Å². The largest absolute Gasteiger partial charge is 0.482 e. The number of fused-ring (bicyclic) bond motifs is 1. The molecule has 0 saturated carbocycles. The fourth-order valence-electron chi connectivity index (χ4n) is 2.36. The van der Waals surface area contributed by atoms with Crippen LogP contribution in [0.2, 0.25) is 0 Å². The van der Waals surface area contributed by atoms with Crippen molar-refractivity contribution in [3.63, 3.8) is 0 Å². The SMILES string of the molecule is CC(C)(C)c1ncc2c(n1)CN(C(=O)COc1cccnc1)C2. The molecular formula is C17H20N4O2. The lowest BCUT2D eigenvalue weighted by molar-refractivity contribution is -0.134. The van der Waals surface area contributed by atoms with E-state index in [4.69, 9.17) is 4.74 Å². The predicted octanol–water partition coefficient (Wildman–Crippen LogP) is 2.09. The van der Waals surface area contributed by atoms with Gasteiger partial charge in [-0.15, -0.1) is 0 Å². The number of nitrogens with zero attached hydrogens (tertiary/aromatic N) is 4. The van der Waals surface area contributed by atoms with E-state index in [1.165, 1.54) is 0 Å². The fraction of sp³-hybridized carbons (Fsp3) is 0.412. The number of ether oxygens (including phenoxy) is 1. The number of carbonyl (C=O) groups excluding carboxylic acids is 1. The van der Waals surface area contributed by atoms with Crippen LogP contribution >= 0.6 is 0 Å². The Kier molecular flexibility index (Phi) is 3.98. The summed E-state index contributed by atoms with van der Waals surface area (Å²) in [7, 11) is 0. The van der Waals surface area contributed by atoms with E-state index in [2.05, 4.69) is 35.7 Å². The van der Waals surface area contributed by atoms with Gasteiger partial charge in [0, 0.05) is 29.9 Å². The molecule has 3 rings (SSSR count). The maximum absolute atomic E-state index is 12.3. The molecule has 1 amide bonds. The highest BCUT2D eigenvalue weighted by Crippen LogP contribution is 2.24. The lowest BCUT2D eigenvalue weighted by Crippen LogP contribution is -2.30. The van der Waals surface area contributed by atoms with Crippen LogP contribution in [0.3, 0.4) is 0 Å². The molecule has 0 fully saturated rings. The van der Waals surface area contributed by atoms with Crippen LogP contribution in [-0.4, -0.2) is 32.4 Å². The molecule has 1 aliphatic rings. The van der Waals surface area contributed by atoms with E-state index in [1.807, 2.05) is 6.20 Å². The molecule has 2 aromatic rings. The summed E-state index contributed by atoms with van der Waals surface area (Å²) >= 11 is 0. The zero-order chi connectivity index (χ0) is 16.4. The average molecular weight is 312 g/mol. The van der Waals surface area contributed by atoms with Gasteiger partial charge in [-0.05, 0) is 12.1 Å². The standard InChI is InChI=1S/C17H20N4O2/c1-17(2,3)16-19-7-12-9-21(10-14(12)20-16)15(22)11-23-13-5-4-6-18-8-13/h4-8H,9-11H2,1-3H3. The molecule has 6 nitrogen and oxygen atoms in total. The molecule has 6 heteroatoms. The highest BCUT2D eigenvalue weighted by molar-refractivity contribution is 5.78. The first-order chi connectivity index (χ1) is 10.9. The monoisotopic (exact) mass is 312 g/mol. The number of hydrogen-bond acceptors (Lipinski definition) is 5. The number of amides is 1. The van der Waals surface area contributed by atoms with Gasteiger partial charge in [-0.25, -0.2) is 9.97 Å². The molecule has 0 atom stereocenters. The molecule has 0 spiro atoms. The first kappa shape index (κ1) is 15.4. The zero-order valence-electron chi connectivity index (χ0n) is 13.6. The topological polar surface area (TPSA) is 68.2 Å². The first-order valence-corrected chi connectivity index (χ1v) is 7.59. The average Bonchev–Trinajstić information content (AvgIpc) is 2.96. The van der Waals surface area contributed by atoms with Crippen LogP contribution < -0.4 is 4.74 Å². The minimum atomic E-state index is -0.101. The molecule has 0 aromatic carbocycles. The third-order valence-corrected chi connectivity index (χ3v) is 3.68. The van der Waals surface area contributed by atoms with Gasteiger partial charge < -0.3 is 9.64 Å². The number of carbonyl (C=O) groups is 1. The van der Waals surface area contributed by atoms with Crippen LogP contribution in [0.25, 0.3) is 0 Å². The van der Waals surface area contributed by atoms with Crippen molar-refractivity contribution in [2.24, 2.45) is 0 Å².